The van der Waals surface area contributed by atoms with Gasteiger partial charge in [0.05, 0.1) is 19.9 Å². The van der Waals surface area contributed by atoms with Gasteiger partial charge in [0, 0.05) is 17.1 Å². The molecule has 1 aromatic carbocycles. The molecule has 128 valence electrons. The molecular formula is C19H18BrN3OS. The van der Waals surface area contributed by atoms with Crippen molar-refractivity contribution in [2.75, 3.05) is 0 Å². The van der Waals surface area contributed by atoms with Crippen molar-refractivity contribution < 1.29 is 4.79 Å². The Kier molecular flexibility index (Phi) is 5.20. The summed E-state index contributed by atoms with van der Waals surface area (Å²) >= 11 is 5.01. The number of thiophene rings is 1. The maximum absolute atomic E-state index is 12.6. The number of hydrazone groups is 1. The van der Waals surface area contributed by atoms with Gasteiger partial charge in [0.15, 0.2) is 0 Å². The highest BCUT2D eigenvalue weighted by Crippen LogP contribution is 2.23. The Labute approximate surface area is 159 Å². The number of aromatic nitrogens is 1. The Hall–Kier alpha value is -2.18. The predicted octanol–water partition coefficient (Wildman–Crippen LogP) is 5.07. The van der Waals surface area contributed by atoms with Gasteiger partial charge in [0.2, 0.25) is 0 Å². The normalized spacial score (nSPS) is 11.6. The van der Waals surface area contributed by atoms with Gasteiger partial charge in [-0.15, -0.1) is 11.3 Å². The van der Waals surface area contributed by atoms with E-state index in [0.717, 1.165) is 31.5 Å². The summed E-state index contributed by atoms with van der Waals surface area (Å²) in [6.07, 6.45) is 0. The van der Waals surface area contributed by atoms with Crippen molar-refractivity contribution in [3.05, 3.63) is 74.1 Å². The molecule has 0 saturated carbocycles. The van der Waals surface area contributed by atoms with Crippen LogP contribution in [0.2, 0.25) is 0 Å². The van der Waals surface area contributed by atoms with Crippen molar-refractivity contribution in [1.29, 1.82) is 0 Å². The maximum atomic E-state index is 12.6. The summed E-state index contributed by atoms with van der Waals surface area (Å²) in [5, 5.41) is 4.23. The summed E-state index contributed by atoms with van der Waals surface area (Å²) in [6.45, 7) is 5.82. The molecule has 0 aliphatic carbocycles. The summed E-state index contributed by atoms with van der Waals surface area (Å²) in [5.74, 6) is -0.203. The third-order valence-electron chi connectivity index (χ3n) is 3.95. The van der Waals surface area contributed by atoms with Crippen LogP contribution in [0.1, 0.15) is 33.5 Å². The van der Waals surface area contributed by atoms with Gasteiger partial charge in [0.1, 0.15) is 0 Å². The molecule has 0 atom stereocenters. The van der Waals surface area contributed by atoms with E-state index in [0.29, 0.717) is 5.56 Å². The largest absolute Gasteiger partial charge is 0.318 e. The molecule has 0 aliphatic heterocycles. The zero-order chi connectivity index (χ0) is 18.0. The van der Waals surface area contributed by atoms with Crippen molar-refractivity contribution in [2.24, 2.45) is 5.10 Å². The zero-order valence-corrected chi connectivity index (χ0v) is 16.6. The number of hydrogen-bond donors (Lipinski definition) is 1. The van der Waals surface area contributed by atoms with Crippen LogP contribution < -0.4 is 5.43 Å². The Balaban J connectivity index is 1.84. The topological polar surface area (TPSA) is 46.4 Å². The van der Waals surface area contributed by atoms with Crippen molar-refractivity contribution >= 4 is 38.9 Å². The minimum atomic E-state index is -0.203. The number of nitrogens with one attached hydrogen (secondary N) is 1. The first kappa shape index (κ1) is 17.6. The number of nitrogens with zero attached hydrogens (tertiary/aromatic N) is 2. The Morgan fingerprint density at radius 2 is 1.88 bits per heavy atom. The predicted molar refractivity (Wildman–Crippen MR) is 107 cm³/mol. The van der Waals surface area contributed by atoms with E-state index < -0.39 is 0 Å². The van der Waals surface area contributed by atoms with E-state index in [2.05, 4.69) is 31.0 Å². The highest BCUT2D eigenvalue weighted by atomic mass is 79.9. The third kappa shape index (κ3) is 3.75. The number of halogens is 1. The summed E-state index contributed by atoms with van der Waals surface area (Å²) in [7, 11) is 0. The fraction of sp³-hybridized carbons (Fsp3) is 0.158. The molecule has 2 heterocycles. The fourth-order valence-corrected chi connectivity index (χ4v) is 4.06. The lowest BCUT2D eigenvalue weighted by Gasteiger charge is -2.09. The van der Waals surface area contributed by atoms with Crippen molar-refractivity contribution in [3.8, 4) is 5.69 Å². The van der Waals surface area contributed by atoms with Crippen LogP contribution in [0.5, 0.6) is 0 Å². The molecule has 0 aliphatic rings. The molecule has 0 saturated heterocycles. The van der Waals surface area contributed by atoms with Gasteiger partial charge in [-0.05, 0) is 67.0 Å². The van der Waals surface area contributed by atoms with Gasteiger partial charge >= 0.3 is 0 Å². The van der Waals surface area contributed by atoms with Gasteiger partial charge in [0.25, 0.3) is 5.91 Å². The number of aryl methyl sites for hydroxylation is 1. The number of hydrogen-bond acceptors (Lipinski definition) is 3. The van der Waals surface area contributed by atoms with Crippen LogP contribution in [0.3, 0.4) is 0 Å². The van der Waals surface area contributed by atoms with Gasteiger partial charge < -0.3 is 4.57 Å². The second-order valence-corrected chi connectivity index (χ2v) is 8.16. The molecule has 1 N–H and O–H groups in total. The monoisotopic (exact) mass is 415 g/mol. The van der Waals surface area contributed by atoms with Gasteiger partial charge in [-0.1, -0.05) is 18.2 Å². The zero-order valence-electron chi connectivity index (χ0n) is 14.2. The molecule has 25 heavy (non-hydrogen) atoms. The Morgan fingerprint density at radius 3 is 2.52 bits per heavy atom. The minimum absolute atomic E-state index is 0.203. The Bertz CT molecular complexity index is 941. The highest BCUT2D eigenvalue weighted by Gasteiger charge is 2.16. The number of benzene rings is 1. The standard InChI is InChI=1S/C19H18BrN3OS/c1-12-11-16(14(3)23(12)15-7-5-4-6-8-15)19(24)22-21-13(2)17-9-10-18(20)25-17/h4-11H,1-3H3,(H,22,24)/b21-13-. The number of carbonyl (C=O) groups excluding carboxylic acids is 1. The van der Waals surface area contributed by atoms with Crippen LogP contribution in [-0.4, -0.2) is 16.2 Å². The quantitative estimate of drug-likeness (QED) is 0.468. The molecule has 3 rings (SSSR count). The average Bonchev–Trinajstić information content (AvgIpc) is 3.16. The lowest BCUT2D eigenvalue weighted by Crippen LogP contribution is -2.19. The molecule has 0 unspecified atom stereocenters. The molecule has 0 radical (unpaired) electrons. The van der Waals surface area contributed by atoms with Crippen LogP contribution in [-0.2, 0) is 0 Å². The van der Waals surface area contributed by atoms with Crippen LogP contribution in [0.15, 0.2) is 57.4 Å². The molecule has 4 nitrogen and oxygen atoms in total. The van der Waals surface area contributed by atoms with E-state index in [1.165, 1.54) is 0 Å². The molecule has 2 aromatic heterocycles. The number of amides is 1. The summed E-state index contributed by atoms with van der Waals surface area (Å²) in [6, 6.07) is 15.8. The molecule has 0 bridgehead atoms. The molecule has 3 aromatic rings. The van der Waals surface area contributed by atoms with E-state index >= 15 is 0 Å². The van der Waals surface area contributed by atoms with E-state index in [1.807, 2.05) is 69.3 Å². The number of carbonyl (C=O) groups is 1. The number of para-hydroxylation sites is 1. The lowest BCUT2D eigenvalue weighted by molar-refractivity contribution is 0.0954. The summed E-state index contributed by atoms with van der Waals surface area (Å²) in [5.41, 5.74) is 7.02. The van der Waals surface area contributed by atoms with Crippen LogP contribution in [0.25, 0.3) is 5.69 Å². The summed E-state index contributed by atoms with van der Waals surface area (Å²) in [4.78, 5) is 13.6. The maximum Gasteiger partial charge on any atom is 0.273 e. The molecule has 6 heteroatoms. The SMILES string of the molecule is C/C(=N/NC(=O)c1cc(C)n(-c2ccccc2)c1C)c1ccc(Br)s1. The molecule has 1 amide bonds. The van der Waals surface area contributed by atoms with E-state index in [1.54, 1.807) is 11.3 Å². The van der Waals surface area contributed by atoms with Crippen molar-refractivity contribution in [1.82, 2.24) is 9.99 Å². The van der Waals surface area contributed by atoms with Crippen molar-refractivity contribution in [3.63, 3.8) is 0 Å². The molecular weight excluding hydrogens is 398 g/mol. The van der Waals surface area contributed by atoms with Crippen molar-refractivity contribution in [2.45, 2.75) is 20.8 Å². The summed E-state index contributed by atoms with van der Waals surface area (Å²) < 4.78 is 3.11. The van der Waals surface area contributed by atoms with Crippen LogP contribution >= 0.6 is 27.3 Å². The first-order valence-electron chi connectivity index (χ1n) is 7.82. The first-order chi connectivity index (χ1) is 12.0. The second-order valence-electron chi connectivity index (χ2n) is 5.70. The second kappa shape index (κ2) is 7.37. The van der Waals surface area contributed by atoms with Gasteiger partial charge in [-0.2, -0.15) is 5.10 Å². The van der Waals surface area contributed by atoms with E-state index in [9.17, 15) is 4.79 Å². The smallest absolute Gasteiger partial charge is 0.273 e. The Morgan fingerprint density at radius 1 is 1.16 bits per heavy atom. The van der Waals surface area contributed by atoms with Gasteiger partial charge in [-0.25, -0.2) is 5.43 Å². The first-order valence-corrected chi connectivity index (χ1v) is 9.43. The number of rotatable bonds is 4. The van der Waals surface area contributed by atoms with E-state index in [4.69, 9.17) is 0 Å². The third-order valence-corrected chi connectivity index (χ3v) is 5.68. The molecule has 0 fully saturated rings. The minimum Gasteiger partial charge on any atom is -0.318 e. The molecule has 0 spiro atoms. The average molecular weight is 416 g/mol. The van der Waals surface area contributed by atoms with Crippen LogP contribution in [0.4, 0.5) is 0 Å². The van der Waals surface area contributed by atoms with E-state index in [-0.39, 0.29) is 5.91 Å². The van der Waals surface area contributed by atoms with Crippen LogP contribution in [0, 0.1) is 13.8 Å². The lowest BCUT2D eigenvalue weighted by atomic mass is 10.2. The fourth-order valence-electron chi connectivity index (χ4n) is 2.73. The highest BCUT2D eigenvalue weighted by molar-refractivity contribution is 9.11. The van der Waals surface area contributed by atoms with Gasteiger partial charge in [-0.3, -0.25) is 4.79 Å².